The second kappa shape index (κ2) is 10.3. The molecule has 0 saturated heterocycles. The summed E-state index contributed by atoms with van der Waals surface area (Å²) in [5.41, 5.74) is 4.20. The first-order valence-electron chi connectivity index (χ1n) is 11.0. The Bertz CT molecular complexity index is 1490. The Balaban J connectivity index is 1.48. The maximum Gasteiger partial charge on any atom is 0.279 e. The summed E-state index contributed by atoms with van der Waals surface area (Å²) in [5.74, 6) is 0.387. The van der Waals surface area contributed by atoms with E-state index in [2.05, 4.69) is 32.5 Å². The molecule has 0 radical (unpaired) electrons. The third kappa shape index (κ3) is 5.04. The Labute approximate surface area is 212 Å². The van der Waals surface area contributed by atoms with Gasteiger partial charge in [0.2, 0.25) is 0 Å². The number of nitrogens with one attached hydrogen (secondary N) is 1. The molecule has 0 aliphatic carbocycles. The van der Waals surface area contributed by atoms with Crippen LogP contribution in [0.25, 0.3) is 22.2 Å². The summed E-state index contributed by atoms with van der Waals surface area (Å²) in [5, 5.41) is 1.55. The predicted octanol–water partition coefficient (Wildman–Crippen LogP) is 6.85. The van der Waals surface area contributed by atoms with Crippen molar-refractivity contribution < 1.29 is 9.53 Å². The van der Waals surface area contributed by atoms with Gasteiger partial charge >= 0.3 is 0 Å². The molecule has 5 nitrogen and oxygen atoms in total. The first kappa shape index (κ1) is 23.0. The molecule has 2 aromatic heterocycles. The Morgan fingerprint density at radius 1 is 0.971 bits per heavy atom. The van der Waals surface area contributed by atoms with Crippen LogP contribution in [0.5, 0.6) is 5.75 Å². The fourth-order valence-corrected chi connectivity index (χ4v) is 4.78. The highest BCUT2D eigenvalue weighted by atomic mass is 35.5. The van der Waals surface area contributed by atoms with Crippen LogP contribution in [-0.4, -0.2) is 22.6 Å². The first-order valence-corrected chi connectivity index (χ1v) is 12.2. The fourth-order valence-electron chi connectivity index (χ4n) is 3.94. The summed E-state index contributed by atoms with van der Waals surface area (Å²) in [6, 6.07) is 31.3. The van der Waals surface area contributed by atoms with Crippen molar-refractivity contribution in [3.8, 4) is 17.0 Å². The van der Waals surface area contributed by atoms with E-state index < -0.39 is 0 Å². The standard InChI is InChI=1S/C28H22ClN3O2S/c1-34-27-16-20-15-25(19-9-4-2-5-10-19)32(26(20)17-23(27)29)18-21-11-8-14-24(30-21)28(33)31-35-22-12-6-3-7-13-22/h2-17H,18H2,1H3,(H,31,33). The van der Waals surface area contributed by atoms with Gasteiger partial charge in [0.05, 0.1) is 29.9 Å². The average Bonchev–Trinajstić information content (AvgIpc) is 3.24. The molecule has 0 bridgehead atoms. The van der Waals surface area contributed by atoms with Crippen molar-refractivity contribution in [2.24, 2.45) is 0 Å². The molecule has 35 heavy (non-hydrogen) atoms. The zero-order valence-corrected chi connectivity index (χ0v) is 20.5. The molecule has 5 aromatic rings. The number of carbonyl (C=O) groups excluding carboxylic acids is 1. The van der Waals surface area contributed by atoms with Gasteiger partial charge in [-0.2, -0.15) is 0 Å². The normalized spacial score (nSPS) is 10.9. The summed E-state index contributed by atoms with van der Waals surface area (Å²) < 4.78 is 10.5. The van der Waals surface area contributed by atoms with Crippen molar-refractivity contribution in [2.75, 3.05) is 7.11 Å². The van der Waals surface area contributed by atoms with Gasteiger partial charge in [0.1, 0.15) is 11.4 Å². The van der Waals surface area contributed by atoms with Crippen molar-refractivity contribution in [3.05, 3.63) is 113 Å². The molecule has 3 aromatic carbocycles. The molecule has 0 unspecified atom stereocenters. The summed E-state index contributed by atoms with van der Waals surface area (Å²) in [6.45, 7) is 0.476. The van der Waals surface area contributed by atoms with Gasteiger partial charge in [0.25, 0.3) is 5.91 Å². The third-order valence-electron chi connectivity index (χ3n) is 5.61. The number of methoxy groups -OCH3 is 1. The summed E-state index contributed by atoms with van der Waals surface area (Å²) in [6.07, 6.45) is 0. The molecule has 0 atom stereocenters. The van der Waals surface area contributed by atoms with E-state index in [0.717, 1.165) is 32.7 Å². The highest BCUT2D eigenvalue weighted by molar-refractivity contribution is 7.98. The maximum atomic E-state index is 12.8. The molecular weight excluding hydrogens is 478 g/mol. The second-order valence-corrected chi connectivity index (χ2v) is 9.17. The lowest BCUT2D eigenvalue weighted by Gasteiger charge is -2.12. The van der Waals surface area contributed by atoms with Crippen LogP contribution in [-0.2, 0) is 6.54 Å². The molecule has 0 saturated carbocycles. The molecular formula is C28H22ClN3O2S. The molecule has 2 heterocycles. The molecule has 1 amide bonds. The smallest absolute Gasteiger partial charge is 0.279 e. The van der Waals surface area contributed by atoms with Gasteiger partial charge in [-0.25, -0.2) is 4.98 Å². The van der Waals surface area contributed by atoms with Gasteiger partial charge < -0.3 is 9.30 Å². The molecule has 0 aliphatic heterocycles. The number of ether oxygens (including phenoxy) is 1. The van der Waals surface area contributed by atoms with E-state index in [9.17, 15) is 4.79 Å². The number of hydrogen-bond donors (Lipinski definition) is 1. The summed E-state index contributed by atoms with van der Waals surface area (Å²) in [7, 11) is 1.61. The topological polar surface area (TPSA) is 56.1 Å². The minimum Gasteiger partial charge on any atom is -0.495 e. The van der Waals surface area contributed by atoms with Crippen LogP contribution in [0.1, 0.15) is 16.2 Å². The van der Waals surface area contributed by atoms with E-state index in [-0.39, 0.29) is 5.91 Å². The number of pyridine rings is 1. The van der Waals surface area contributed by atoms with Crippen molar-refractivity contribution in [1.29, 1.82) is 0 Å². The van der Waals surface area contributed by atoms with Crippen molar-refractivity contribution in [1.82, 2.24) is 14.3 Å². The minimum atomic E-state index is -0.242. The van der Waals surface area contributed by atoms with Gasteiger partial charge in [0.15, 0.2) is 0 Å². The van der Waals surface area contributed by atoms with E-state index in [1.165, 1.54) is 11.9 Å². The number of carbonyl (C=O) groups is 1. The number of amides is 1. The highest BCUT2D eigenvalue weighted by Crippen LogP contribution is 2.35. The van der Waals surface area contributed by atoms with Crippen LogP contribution in [0, 0.1) is 0 Å². The Hall–Kier alpha value is -3.74. The van der Waals surface area contributed by atoms with Crippen molar-refractivity contribution >= 4 is 40.4 Å². The van der Waals surface area contributed by atoms with E-state index in [1.807, 2.05) is 72.8 Å². The third-order valence-corrected chi connectivity index (χ3v) is 6.70. The molecule has 7 heteroatoms. The number of rotatable bonds is 7. The number of halogens is 1. The van der Waals surface area contributed by atoms with Gasteiger partial charge in [-0.1, -0.05) is 66.2 Å². The van der Waals surface area contributed by atoms with Crippen LogP contribution < -0.4 is 9.46 Å². The van der Waals surface area contributed by atoms with Crippen LogP contribution in [0.15, 0.2) is 102 Å². The Morgan fingerprint density at radius 3 is 2.46 bits per heavy atom. The number of benzene rings is 3. The maximum absolute atomic E-state index is 12.8. The number of aromatic nitrogens is 2. The molecule has 0 spiro atoms. The largest absolute Gasteiger partial charge is 0.495 e. The number of hydrogen-bond acceptors (Lipinski definition) is 4. The Kier molecular flexibility index (Phi) is 6.75. The van der Waals surface area contributed by atoms with Crippen LogP contribution in [0.3, 0.4) is 0 Å². The van der Waals surface area contributed by atoms with Gasteiger partial charge in [0, 0.05) is 16.0 Å². The van der Waals surface area contributed by atoms with E-state index in [1.54, 1.807) is 13.2 Å². The van der Waals surface area contributed by atoms with Crippen LogP contribution in [0.2, 0.25) is 5.02 Å². The van der Waals surface area contributed by atoms with Gasteiger partial charge in [-0.05, 0) is 60.0 Å². The summed E-state index contributed by atoms with van der Waals surface area (Å²) >= 11 is 7.75. The average molecular weight is 500 g/mol. The molecule has 0 fully saturated rings. The molecule has 5 rings (SSSR count). The van der Waals surface area contributed by atoms with Crippen molar-refractivity contribution in [3.63, 3.8) is 0 Å². The highest BCUT2D eigenvalue weighted by Gasteiger charge is 2.16. The first-order chi connectivity index (χ1) is 17.1. The zero-order valence-electron chi connectivity index (χ0n) is 18.9. The minimum absolute atomic E-state index is 0.242. The molecule has 0 aliphatic rings. The summed E-state index contributed by atoms with van der Waals surface area (Å²) in [4.78, 5) is 18.4. The molecule has 1 N–H and O–H groups in total. The molecule has 174 valence electrons. The van der Waals surface area contributed by atoms with Crippen molar-refractivity contribution in [2.45, 2.75) is 11.4 Å². The lowest BCUT2D eigenvalue weighted by molar-refractivity contribution is 0.0979. The zero-order chi connectivity index (χ0) is 24.2. The SMILES string of the molecule is COc1cc2cc(-c3ccccc3)n(Cc3cccc(C(=O)NSc4ccccc4)n3)c2cc1Cl. The number of nitrogens with zero attached hydrogens (tertiary/aromatic N) is 2. The number of fused-ring (bicyclic) bond motifs is 1. The Morgan fingerprint density at radius 2 is 1.71 bits per heavy atom. The van der Waals surface area contributed by atoms with Crippen LogP contribution in [0.4, 0.5) is 0 Å². The predicted molar refractivity (Wildman–Crippen MR) is 142 cm³/mol. The lowest BCUT2D eigenvalue weighted by Crippen LogP contribution is -2.18. The van der Waals surface area contributed by atoms with Gasteiger partial charge in [-0.3, -0.25) is 9.52 Å². The van der Waals surface area contributed by atoms with E-state index >= 15 is 0 Å². The fraction of sp³-hybridized carbons (Fsp3) is 0.0714. The van der Waals surface area contributed by atoms with E-state index in [0.29, 0.717) is 23.0 Å². The monoisotopic (exact) mass is 499 g/mol. The van der Waals surface area contributed by atoms with E-state index in [4.69, 9.17) is 16.3 Å². The second-order valence-electron chi connectivity index (χ2n) is 7.89. The van der Waals surface area contributed by atoms with Gasteiger partial charge in [-0.15, -0.1) is 0 Å². The quantitative estimate of drug-likeness (QED) is 0.249. The lowest BCUT2D eigenvalue weighted by atomic mass is 10.1. The van der Waals surface area contributed by atoms with Crippen LogP contribution >= 0.6 is 23.5 Å².